The molecule has 0 aromatic heterocycles. The number of benzene rings is 2. The summed E-state index contributed by atoms with van der Waals surface area (Å²) in [5, 5.41) is 0.172. The molecule has 0 spiro atoms. The van der Waals surface area contributed by atoms with Crippen molar-refractivity contribution in [2.75, 3.05) is 0 Å². The van der Waals surface area contributed by atoms with Crippen LogP contribution in [0.15, 0.2) is 34.8 Å². The summed E-state index contributed by atoms with van der Waals surface area (Å²) in [6, 6.07) is 5.38. The van der Waals surface area contributed by atoms with Crippen LogP contribution in [0.3, 0.4) is 0 Å². The van der Waals surface area contributed by atoms with Gasteiger partial charge in [-0.05, 0) is 52.2 Å². The number of nitrogens with one attached hydrogen (secondary N) is 1. The molecular formula is C14H11BrClF3N2. The Hall–Kier alpha value is -1.08. The van der Waals surface area contributed by atoms with Crippen LogP contribution in [0.5, 0.6) is 0 Å². The second kappa shape index (κ2) is 6.79. The molecule has 0 aliphatic carbocycles. The molecule has 0 heterocycles. The number of halogens is 5. The maximum absolute atomic E-state index is 14.1. The number of hydrogen-bond acceptors (Lipinski definition) is 2. The Labute approximate surface area is 133 Å². The van der Waals surface area contributed by atoms with Crippen LogP contribution >= 0.6 is 27.5 Å². The average Bonchev–Trinajstić information content (AvgIpc) is 2.44. The van der Waals surface area contributed by atoms with E-state index in [4.69, 9.17) is 17.4 Å². The smallest absolute Gasteiger partial charge is 0.145 e. The van der Waals surface area contributed by atoms with Crippen molar-refractivity contribution in [1.82, 2.24) is 5.43 Å². The minimum Gasteiger partial charge on any atom is -0.271 e. The van der Waals surface area contributed by atoms with E-state index < -0.39 is 23.5 Å². The van der Waals surface area contributed by atoms with Gasteiger partial charge in [-0.1, -0.05) is 17.7 Å². The Morgan fingerprint density at radius 1 is 1.19 bits per heavy atom. The molecule has 21 heavy (non-hydrogen) atoms. The number of hydrogen-bond donors (Lipinski definition) is 2. The second-order valence-electron chi connectivity index (χ2n) is 4.42. The normalized spacial score (nSPS) is 12.5. The number of rotatable bonds is 4. The third-order valence-corrected chi connectivity index (χ3v) is 4.03. The summed E-state index contributed by atoms with van der Waals surface area (Å²) in [7, 11) is 0. The zero-order valence-electron chi connectivity index (χ0n) is 10.6. The summed E-state index contributed by atoms with van der Waals surface area (Å²) in [5.74, 6) is 3.45. The van der Waals surface area contributed by atoms with Crippen LogP contribution < -0.4 is 11.3 Å². The van der Waals surface area contributed by atoms with Gasteiger partial charge in [0.05, 0.1) is 10.5 Å². The van der Waals surface area contributed by atoms with Crippen LogP contribution in [0, 0.1) is 17.5 Å². The van der Waals surface area contributed by atoms with Crippen molar-refractivity contribution < 1.29 is 13.2 Å². The zero-order valence-corrected chi connectivity index (χ0v) is 13.0. The summed E-state index contributed by atoms with van der Waals surface area (Å²) in [4.78, 5) is 0. The second-order valence-corrected chi connectivity index (χ2v) is 5.68. The summed E-state index contributed by atoms with van der Waals surface area (Å²) in [6.45, 7) is 0. The highest BCUT2D eigenvalue weighted by atomic mass is 79.9. The lowest BCUT2D eigenvalue weighted by Crippen LogP contribution is -2.31. The molecule has 112 valence electrons. The van der Waals surface area contributed by atoms with Gasteiger partial charge in [-0.3, -0.25) is 11.3 Å². The molecule has 0 saturated carbocycles. The monoisotopic (exact) mass is 378 g/mol. The fourth-order valence-electron chi connectivity index (χ4n) is 2.01. The van der Waals surface area contributed by atoms with Crippen molar-refractivity contribution in [3.8, 4) is 0 Å². The molecule has 0 aliphatic heterocycles. The molecule has 0 radical (unpaired) electrons. The predicted octanol–water partition coefficient (Wildman–Crippen LogP) is 4.27. The first kappa shape index (κ1) is 16.3. The van der Waals surface area contributed by atoms with E-state index in [0.717, 1.165) is 12.1 Å². The minimum atomic E-state index is -0.842. The van der Waals surface area contributed by atoms with Crippen LogP contribution in [0.1, 0.15) is 17.2 Å². The third-order valence-electron chi connectivity index (χ3n) is 3.07. The van der Waals surface area contributed by atoms with Crippen molar-refractivity contribution >= 4 is 27.5 Å². The van der Waals surface area contributed by atoms with Crippen LogP contribution in [-0.2, 0) is 6.42 Å². The first-order chi connectivity index (χ1) is 9.93. The van der Waals surface area contributed by atoms with Gasteiger partial charge in [0, 0.05) is 10.6 Å². The van der Waals surface area contributed by atoms with Gasteiger partial charge in [-0.15, -0.1) is 0 Å². The van der Waals surface area contributed by atoms with Crippen LogP contribution in [0.4, 0.5) is 13.2 Å². The summed E-state index contributed by atoms with van der Waals surface area (Å²) in [6.07, 6.45) is 0.111. The van der Waals surface area contributed by atoms with E-state index >= 15 is 0 Å². The molecular weight excluding hydrogens is 369 g/mol. The SMILES string of the molecule is NNC(Cc1ccc(F)cc1Cl)c1c(F)ccc(Br)c1F. The van der Waals surface area contributed by atoms with Crippen molar-refractivity contribution in [2.24, 2.45) is 5.84 Å². The molecule has 1 atom stereocenters. The molecule has 3 N–H and O–H groups in total. The lowest BCUT2D eigenvalue weighted by molar-refractivity contribution is 0.470. The maximum atomic E-state index is 14.1. The molecule has 0 saturated heterocycles. The van der Waals surface area contributed by atoms with E-state index in [9.17, 15) is 13.2 Å². The minimum absolute atomic E-state index is 0.111. The topological polar surface area (TPSA) is 38.0 Å². The fraction of sp³-hybridized carbons (Fsp3) is 0.143. The van der Waals surface area contributed by atoms with Gasteiger partial charge >= 0.3 is 0 Å². The first-order valence-corrected chi connectivity index (χ1v) is 7.14. The first-order valence-electron chi connectivity index (χ1n) is 5.97. The Morgan fingerprint density at radius 2 is 1.90 bits per heavy atom. The van der Waals surface area contributed by atoms with E-state index in [1.165, 1.54) is 18.2 Å². The van der Waals surface area contributed by atoms with Gasteiger partial charge in [0.25, 0.3) is 0 Å². The largest absolute Gasteiger partial charge is 0.271 e. The van der Waals surface area contributed by atoms with Gasteiger partial charge in [-0.25, -0.2) is 13.2 Å². The summed E-state index contributed by atoms with van der Waals surface area (Å²) < 4.78 is 41.1. The zero-order chi connectivity index (χ0) is 15.6. The van der Waals surface area contributed by atoms with E-state index in [1.54, 1.807) is 0 Å². The average molecular weight is 380 g/mol. The standard InChI is InChI=1S/C14H11BrClF3N2/c15-9-3-4-11(18)13(14(9)19)12(21-20)5-7-1-2-8(17)6-10(7)16/h1-4,6,12,21H,5,20H2. The highest BCUT2D eigenvalue weighted by Crippen LogP contribution is 2.30. The molecule has 7 heteroatoms. The predicted molar refractivity (Wildman–Crippen MR) is 79.2 cm³/mol. The summed E-state index contributed by atoms with van der Waals surface area (Å²) >= 11 is 8.92. The Kier molecular flexibility index (Phi) is 5.27. The van der Waals surface area contributed by atoms with Crippen LogP contribution in [0.25, 0.3) is 0 Å². The van der Waals surface area contributed by atoms with Gasteiger partial charge < -0.3 is 0 Å². The van der Waals surface area contributed by atoms with Crippen molar-refractivity contribution in [1.29, 1.82) is 0 Å². The van der Waals surface area contributed by atoms with Gasteiger partial charge in [-0.2, -0.15) is 0 Å². The fourth-order valence-corrected chi connectivity index (χ4v) is 2.60. The Balaban J connectivity index is 2.39. The maximum Gasteiger partial charge on any atom is 0.145 e. The Morgan fingerprint density at radius 3 is 2.52 bits per heavy atom. The number of hydrazine groups is 1. The van der Waals surface area contributed by atoms with Crippen LogP contribution in [-0.4, -0.2) is 0 Å². The molecule has 2 nitrogen and oxygen atoms in total. The highest BCUT2D eigenvalue weighted by molar-refractivity contribution is 9.10. The number of nitrogens with two attached hydrogens (primary N) is 1. The van der Waals surface area contributed by atoms with Gasteiger partial charge in [0.15, 0.2) is 0 Å². The summed E-state index contributed by atoms with van der Waals surface area (Å²) in [5.41, 5.74) is 2.69. The van der Waals surface area contributed by atoms with E-state index in [0.29, 0.717) is 5.56 Å². The lowest BCUT2D eigenvalue weighted by atomic mass is 9.98. The quantitative estimate of drug-likeness (QED) is 0.473. The van der Waals surface area contributed by atoms with E-state index in [2.05, 4.69) is 21.4 Å². The lowest BCUT2D eigenvalue weighted by Gasteiger charge is -2.19. The molecule has 0 fully saturated rings. The molecule has 2 rings (SSSR count). The van der Waals surface area contributed by atoms with Crippen molar-refractivity contribution in [3.05, 3.63) is 68.4 Å². The van der Waals surface area contributed by atoms with Crippen molar-refractivity contribution in [3.63, 3.8) is 0 Å². The van der Waals surface area contributed by atoms with Crippen LogP contribution in [0.2, 0.25) is 5.02 Å². The molecule has 0 bridgehead atoms. The van der Waals surface area contributed by atoms with E-state index in [-0.39, 0.29) is 21.5 Å². The molecule has 1 unspecified atom stereocenters. The molecule has 0 amide bonds. The van der Waals surface area contributed by atoms with Gasteiger partial charge in [0.2, 0.25) is 0 Å². The third kappa shape index (κ3) is 3.58. The Bertz CT molecular complexity index is 667. The van der Waals surface area contributed by atoms with Crippen molar-refractivity contribution in [2.45, 2.75) is 12.5 Å². The van der Waals surface area contributed by atoms with E-state index in [1.807, 2.05) is 0 Å². The van der Waals surface area contributed by atoms with Gasteiger partial charge in [0.1, 0.15) is 17.5 Å². The molecule has 0 aliphatic rings. The molecule has 2 aromatic carbocycles. The molecule has 2 aromatic rings. The highest BCUT2D eigenvalue weighted by Gasteiger charge is 2.22.